The molecular formula is C18H17NO2. The number of pyridine rings is 1. The van der Waals surface area contributed by atoms with Gasteiger partial charge in [0.25, 0.3) is 0 Å². The van der Waals surface area contributed by atoms with Crippen LogP contribution in [-0.4, -0.2) is 21.3 Å². The molecule has 2 aromatic carbocycles. The molecule has 0 bridgehead atoms. The molecule has 1 aliphatic rings. The summed E-state index contributed by atoms with van der Waals surface area (Å²) in [6.07, 6.45) is -0.224. The fraction of sp³-hybridized carbons (Fsp3) is 0.278. The van der Waals surface area contributed by atoms with Crippen molar-refractivity contribution >= 4 is 21.7 Å². The first-order valence-corrected chi connectivity index (χ1v) is 7.34. The Labute approximate surface area is 122 Å². The van der Waals surface area contributed by atoms with E-state index in [4.69, 9.17) is 4.98 Å². The van der Waals surface area contributed by atoms with Gasteiger partial charge in [-0.3, -0.25) is 4.98 Å². The second-order valence-corrected chi connectivity index (χ2v) is 5.83. The molecule has 4 rings (SSSR count). The number of aliphatic hydroxyl groups excluding tert-OH is 2. The van der Waals surface area contributed by atoms with Gasteiger partial charge in [0.2, 0.25) is 0 Å². The third-order valence-electron chi connectivity index (χ3n) is 4.60. The number of benzene rings is 2. The van der Waals surface area contributed by atoms with E-state index in [1.807, 2.05) is 19.1 Å². The van der Waals surface area contributed by atoms with Crippen LogP contribution in [0.25, 0.3) is 21.7 Å². The molecule has 0 spiro atoms. The number of rotatable bonds is 0. The van der Waals surface area contributed by atoms with Crippen molar-refractivity contribution in [3.63, 3.8) is 0 Å². The fourth-order valence-electron chi connectivity index (χ4n) is 3.45. The van der Waals surface area contributed by atoms with Crippen molar-refractivity contribution in [3.8, 4) is 0 Å². The Morgan fingerprint density at radius 2 is 1.86 bits per heavy atom. The Morgan fingerprint density at radius 3 is 2.71 bits per heavy atom. The summed E-state index contributed by atoms with van der Waals surface area (Å²) in [7, 11) is 0. The molecule has 0 fully saturated rings. The van der Waals surface area contributed by atoms with Crippen LogP contribution in [0.3, 0.4) is 0 Å². The predicted octanol–water partition coefficient (Wildman–Crippen LogP) is 3.04. The van der Waals surface area contributed by atoms with E-state index in [-0.39, 0.29) is 0 Å². The Morgan fingerprint density at radius 1 is 1.05 bits per heavy atom. The molecule has 3 aromatic rings. The van der Waals surface area contributed by atoms with Gasteiger partial charge in [0.15, 0.2) is 0 Å². The van der Waals surface area contributed by atoms with E-state index in [1.54, 1.807) is 0 Å². The largest absolute Gasteiger partial charge is 0.390 e. The number of aryl methyl sites for hydroxylation is 2. The van der Waals surface area contributed by atoms with Crippen molar-refractivity contribution in [2.75, 3.05) is 0 Å². The number of aliphatic hydroxyl groups is 2. The quantitative estimate of drug-likeness (QED) is 0.622. The van der Waals surface area contributed by atoms with Gasteiger partial charge in [-0.2, -0.15) is 0 Å². The maximum absolute atomic E-state index is 10.3. The van der Waals surface area contributed by atoms with Gasteiger partial charge in [-0.05, 0) is 30.7 Å². The molecule has 2 N–H and O–H groups in total. The van der Waals surface area contributed by atoms with Crippen molar-refractivity contribution in [1.82, 2.24) is 4.98 Å². The first-order chi connectivity index (χ1) is 10.2. The zero-order valence-electron chi connectivity index (χ0n) is 11.9. The normalized spacial score (nSPS) is 21.7. The van der Waals surface area contributed by atoms with Gasteiger partial charge in [-0.15, -0.1) is 0 Å². The van der Waals surface area contributed by atoms with Crippen LogP contribution in [0.5, 0.6) is 0 Å². The fourth-order valence-corrected chi connectivity index (χ4v) is 3.45. The molecule has 1 aromatic heterocycles. The summed E-state index contributed by atoms with van der Waals surface area (Å²) in [6, 6.07) is 12.4. The minimum atomic E-state index is -0.822. The number of hydrogen-bond acceptors (Lipinski definition) is 3. The van der Waals surface area contributed by atoms with E-state index in [0.717, 1.165) is 33.1 Å². The maximum atomic E-state index is 10.3. The lowest BCUT2D eigenvalue weighted by Gasteiger charge is -2.28. The van der Waals surface area contributed by atoms with Crippen LogP contribution in [0, 0.1) is 6.92 Å². The first kappa shape index (κ1) is 12.7. The van der Waals surface area contributed by atoms with Gasteiger partial charge in [0.1, 0.15) is 6.10 Å². The molecule has 0 amide bonds. The van der Waals surface area contributed by atoms with Gasteiger partial charge in [0.05, 0.1) is 11.6 Å². The topological polar surface area (TPSA) is 53.4 Å². The Balaban J connectivity index is 2.12. The summed E-state index contributed by atoms with van der Waals surface area (Å²) in [6.45, 7) is 2.01. The molecule has 0 saturated heterocycles. The molecule has 3 heteroatoms. The summed E-state index contributed by atoms with van der Waals surface area (Å²) in [5.41, 5.74) is 3.77. The lowest BCUT2D eigenvalue weighted by atomic mass is 9.86. The average molecular weight is 279 g/mol. The highest BCUT2D eigenvalue weighted by Gasteiger charge is 2.29. The number of aromatic nitrogens is 1. The predicted molar refractivity (Wildman–Crippen MR) is 83.3 cm³/mol. The molecule has 1 heterocycles. The molecule has 0 radical (unpaired) electrons. The third-order valence-corrected chi connectivity index (χ3v) is 4.60. The minimum Gasteiger partial charge on any atom is -0.390 e. The Hall–Kier alpha value is -1.97. The Kier molecular flexibility index (Phi) is 2.74. The SMILES string of the molecule is Cc1c2c(nc3c1ccc1ccccc13)CC[C@@H](O)[C@H]2O. The van der Waals surface area contributed by atoms with Gasteiger partial charge in [-0.1, -0.05) is 36.4 Å². The maximum Gasteiger partial charge on any atom is 0.107 e. The van der Waals surface area contributed by atoms with Crippen LogP contribution >= 0.6 is 0 Å². The molecular weight excluding hydrogens is 262 g/mol. The third kappa shape index (κ3) is 1.78. The number of fused-ring (bicyclic) bond motifs is 4. The highest BCUT2D eigenvalue weighted by molar-refractivity contribution is 6.06. The van der Waals surface area contributed by atoms with E-state index in [0.29, 0.717) is 12.8 Å². The summed E-state index contributed by atoms with van der Waals surface area (Å²) in [5, 5.41) is 23.6. The number of hydrogen-bond donors (Lipinski definition) is 2. The number of nitrogens with zero attached hydrogens (tertiary/aromatic N) is 1. The van der Waals surface area contributed by atoms with E-state index in [9.17, 15) is 10.2 Å². The van der Waals surface area contributed by atoms with E-state index in [2.05, 4.69) is 24.3 Å². The van der Waals surface area contributed by atoms with Crippen LogP contribution in [0.15, 0.2) is 36.4 Å². The van der Waals surface area contributed by atoms with Crippen molar-refractivity contribution in [3.05, 3.63) is 53.2 Å². The zero-order chi connectivity index (χ0) is 14.6. The first-order valence-electron chi connectivity index (χ1n) is 7.34. The van der Waals surface area contributed by atoms with Gasteiger partial charge in [-0.25, -0.2) is 0 Å². The van der Waals surface area contributed by atoms with Crippen LogP contribution < -0.4 is 0 Å². The van der Waals surface area contributed by atoms with Gasteiger partial charge < -0.3 is 10.2 Å². The smallest absolute Gasteiger partial charge is 0.107 e. The highest BCUT2D eigenvalue weighted by Crippen LogP contribution is 2.36. The summed E-state index contributed by atoms with van der Waals surface area (Å²) < 4.78 is 0. The molecule has 0 unspecified atom stereocenters. The van der Waals surface area contributed by atoms with Crippen LogP contribution in [0.2, 0.25) is 0 Å². The van der Waals surface area contributed by atoms with E-state index < -0.39 is 12.2 Å². The second-order valence-electron chi connectivity index (χ2n) is 5.83. The second kappa shape index (κ2) is 4.52. The molecule has 3 nitrogen and oxygen atoms in total. The van der Waals surface area contributed by atoms with Crippen molar-refractivity contribution in [2.45, 2.75) is 32.0 Å². The van der Waals surface area contributed by atoms with Crippen molar-refractivity contribution < 1.29 is 10.2 Å². The molecule has 106 valence electrons. The lowest BCUT2D eigenvalue weighted by molar-refractivity contribution is 0.00554. The Bertz CT molecular complexity index is 857. The van der Waals surface area contributed by atoms with Crippen LogP contribution in [-0.2, 0) is 6.42 Å². The molecule has 1 aliphatic carbocycles. The van der Waals surface area contributed by atoms with Gasteiger partial charge >= 0.3 is 0 Å². The van der Waals surface area contributed by atoms with Gasteiger partial charge in [0, 0.05) is 22.0 Å². The lowest BCUT2D eigenvalue weighted by Crippen LogP contribution is -2.26. The van der Waals surface area contributed by atoms with Crippen molar-refractivity contribution in [1.29, 1.82) is 0 Å². The highest BCUT2D eigenvalue weighted by atomic mass is 16.3. The van der Waals surface area contributed by atoms with Crippen LogP contribution in [0.4, 0.5) is 0 Å². The van der Waals surface area contributed by atoms with Crippen LogP contribution in [0.1, 0.15) is 29.3 Å². The summed E-state index contributed by atoms with van der Waals surface area (Å²) in [4.78, 5) is 4.82. The monoisotopic (exact) mass is 279 g/mol. The van der Waals surface area contributed by atoms with E-state index >= 15 is 0 Å². The molecule has 21 heavy (non-hydrogen) atoms. The summed E-state index contributed by atoms with van der Waals surface area (Å²) in [5.74, 6) is 0. The standard InChI is InChI=1S/C18H17NO2/c1-10-12-7-6-11-4-2-3-5-13(11)17(12)19-14-8-9-15(20)18(21)16(10)14/h2-7,15,18,20-21H,8-9H2,1H3/t15-,18-/m1/s1. The minimum absolute atomic E-state index is 0.566. The van der Waals surface area contributed by atoms with E-state index in [1.165, 1.54) is 5.39 Å². The zero-order valence-corrected chi connectivity index (χ0v) is 11.9. The average Bonchev–Trinajstić information content (AvgIpc) is 2.51. The molecule has 2 atom stereocenters. The molecule has 0 saturated carbocycles. The molecule has 0 aliphatic heterocycles. The van der Waals surface area contributed by atoms with Crippen molar-refractivity contribution in [2.24, 2.45) is 0 Å². The summed E-state index contributed by atoms with van der Waals surface area (Å²) >= 11 is 0.